The Hall–Kier alpha value is -3.81. The molecule has 212 valence electrons. The highest BCUT2D eigenvalue weighted by molar-refractivity contribution is 5.88. The van der Waals surface area contributed by atoms with Gasteiger partial charge in [0.05, 0.1) is 42.0 Å². The van der Waals surface area contributed by atoms with Crippen molar-refractivity contribution >= 4 is 22.5 Å². The number of nitrogens with one attached hydrogen (secondary N) is 1. The number of nitrogens with zero attached hydrogens (tertiary/aromatic N) is 3. The van der Waals surface area contributed by atoms with Gasteiger partial charge in [-0.3, -0.25) is 19.9 Å². The number of halogens is 3. The van der Waals surface area contributed by atoms with Crippen LogP contribution in [0.25, 0.3) is 10.9 Å². The summed E-state index contributed by atoms with van der Waals surface area (Å²) in [7, 11) is 5.55. The molecule has 0 unspecified atom stereocenters. The van der Waals surface area contributed by atoms with Crippen LogP contribution in [0.15, 0.2) is 36.5 Å². The number of aromatic nitrogens is 1. The molecule has 2 heterocycles. The number of hydroxylamine groups is 1. The molecule has 3 aromatic rings. The van der Waals surface area contributed by atoms with Gasteiger partial charge in [0.2, 0.25) is 5.91 Å². The first kappa shape index (κ1) is 29.2. The fraction of sp³-hybridized carbons (Fsp3) is 0.400. The van der Waals surface area contributed by atoms with Gasteiger partial charge in [0.25, 0.3) is 0 Å². The van der Waals surface area contributed by atoms with E-state index in [1.807, 2.05) is 53.8 Å². The first-order valence-corrected chi connectivity index (χ1v) is 13.1. The summed E-state index contributed by atoms with van der Waals surface area (Å²) in [5.74, 6) is 2.26. The van der Waals surface area contributed by atoms with E-state index >= 15 is 0 Å². The maximum atomic E-state index is 13.9. The van der Waals surface area contributed by atoms with Crippen molar-refractivity contribution in [1.29, 1.82) is 0 Å². The molecule has 0 radical (unpaired) electrons. The van der Waals surface area contributed by atoms with Crippen molar-refractivity contribution in [2.24, 2.45) is 5.41 Å². The first-order chi connectivity index (χ1) is 19.2. The molecule has 0 saturated carbocycles. The van der Waals surface area contributed by atoms with Gasteiger partial charge in [-0.05, 0) is 61.9 Å². The second kappa shape index (κ2) is 12.6. The molecule has 0 spiro atoms. The number of likely N-dealkylation sites (tertiary alicyclic amines) is 1. The van der Waals surface area contributed by atoms with Gasteiger partial charge < -0.3 is 9.64 Å². The molecule has 0 atom stereocenters. The van der Waals surface area contributed by atoms with E-state index in [1.54, 1.807) is 7.11 Å². The van der Waals surface area contributed by atoms with Crippen molar-refractivity contribution in [2.75, 3.05) is 45.7 Å². The van der Waals surface area contributed by atoms with Gasteiger partial charge in [0, 0.05) is 38.6 Å². The Bertz CT molecular complexity index is 1440. The summed E-state index contributed by atoms with van der Waals surface area (Å²) in [5.41, 5.74) is 3.74. The molecule has 0 bridgehead atoms. The van der Waals surface area contributed by atoms with E-state index < -0.39 is 28.8 Å². The zero-order valence-electron chi connectivity index (χ0n) is 22.9. The second-order valence-electron chi connectivity index (χ2n) is 10.3. The number of hydrogen-bond acceptors (Lipinski definition) is 6. The first-order valence-electron chi connectivity index (χ1n) is 13.1. The van der Waals surface area contributed by atoms with Crippen LogP contribution in [0.5, 0.6) is 5.75 Å². The SMILES string of the molecule is COc1ccc2ncc(N(C)C)c(CCCC3(C(=O)NO)CCN(CC#Cc4cc(F)cc(F)c4F)CC3)c2c1. The highest BCUT2D eigenvalue weighted by atomic mass is 19.2. The summed E-state index contributed by atoms with van der Waals surface area (Å²) >= 11 is 0. The average Bonchev–Trinajstić information content (AvgIpc) is 2.95. The number of carbonyl (C=O) groups excluding carboxylic acids is 1. The van der Waals surface area contributed by atoms with E-state index in [4.69, 9.17) is 4.74 Å². The van der Waals surface area contributed by atoms with Crippen LogP contribution in [0.4, 0.5) is 18.9 Å². The number of benzene rings is 2. The van der Waals surface area contributed by atoms with Crippen molar-refractivity contribution in [1.82, 2.24) is 15.4 Å². The fourth-order valence-corrected chi connectivity index (χ4v) is 5.34. The average molecular weight is 555 g/mol. The third-order valence-electron chi connectivity index (χ3n) is 7.64. The van der Waals surface area contributed by atoms with Crippen LogP contribution in [-0.2, 0) is 11.2 Å². The van der Waals surface area contributed by atoms with Gasteiger partial charge >= 0.3 is 0 Å². The highest BCUT2D eigenvalue weighted by Crippen LogP contribution is 2.38. The second-order valence-corrected chi connectivity index (χ2v) is 10.3. The summed E-state index contributed by atoms with van der Waals surface area (Å²) in [4.78, 5) is 21.5. The van der Waals surface area contributed by atoms with E-state index in [0.29, 0.717) is 51.3 Å². The molecule has 10 heteroatoms. The molecule has 0 aliphatic carbocycles. The molecule has 1 aromatic heterocycles. The lowest BCUT2D eigenvalue weighted by atomic mass is 9.73. The van der Waals surface area contributed by atoms with Gasteiger partial charge in [-0.25, -0.2) is 18.7 Å². The van der Waals surface area contributed by atoms with Gasteiger partial charge in [0.15, 0.2) is 11.6 Å². The number of methoxy groups -OCH3 is 1. The van der Waals surface area contributed by atoms with Gasteiger partial charge in [0.1, 0.15) is 11.6 Å². The summed E-state index contributed by atoms with van der Waals surface area (Å²) < 4.78 is 46.2. The number of amides is 1. The van der Waals surface area contributed by atoms with Crippen LogP contribution in [0.2, 0.25) is 0 Å². The van der Waals surface area contributed by atoms with Gasteiger partial charge in [-0.1, -0.05) is 11.8 Å². The minimum atomic E-state index is -1.28. The standard InChI is InChI=1S/C30H33F3N4O3/c1-36(2)27-19-34-26-9-8-22(40-3)18-24(26)23(27)7-4-10-30(29(38)35-39)11-14-37(15-12-30)13-5-6-20-16-21(31)17-25(32)28(20)33/h8-9,16-19,39H,4,7,10-15H2,1-3H3,(H,35,38). The molecule has 2 N–H and O–H groups in total. The lowest BCUT2D eigenvalue weighted by molar-refractivity contribution is -0.143. The Balaban J connectivity index is 1.45. The molecule has 1 amide bonds. The molecule has 2 aromatic carbocycles. The number of ether oxygens (including phenoxy) is 1. The van der Waals surface area contributed by atoms with Crippen molar-refractivity contribution in [3.63, 3.8) is 0 Å². The fourth-order valence-electron chi connectivity index (χ4n) is 5.34. The van der Waals surface area contributed by atoms with Crippen molar-refractivity contribution in [3.8, 4) is 17.6 Å². The number of rotatable bonds is 8. The third kappa shape index (κ3) is 6.32. The predicted octanol–water partition coefficient (Wildman–Crippen LogP) is 4.69. The number of hydrogen-bond donors (Lipinski definition) is 2. The number of anilines is 1. The summed E-state index contributed by atoms with van der Waals surface area (Å²) in [6, 6.07) is 7.12. The topological polar surface area (TPSA) is 77.9 Å². The van der Waals surface area contributed by atoms with Crippen LogP contribution in [0.1, 0.15) is 36.8 Å². The largest absolute Gasteiger partial charge is 0.497 e. The van der Waals surface area contributed by atoms with E-state index in [1.165, 1.54) is 0 Å². The lowest BCUT2D eigenvalue weighted by Gasteiger charge is -2.39. The van der Waals surface area contributed by atoms with Crippen LogP contribution >= 0.6 is 0 Å². The predicted molar refractivity (Wildman–Crippen MR) is 147 cm³/mol. The van der Waals surface area contributed by atoms with Crippen molar-refractivity contribution in [2.45, 2.75) is 32.1 Å². The Kier molecular flexibility index (Phi) is 9.17. The van der Waals surface area contributed by atoms with E-state index in [9.17, 15) is 23.2 Å². The normalized spacial score (nSPS) is 14.9. The zero-order valence-corrected chi connectivity index (χ0v) is 22.9. The molecule has 1 saturated heterocycles. The molecule has 40 heavy (non-hydrogen) atoms. The van der Waals surface area contributed by atoms with Crippen LogP contribution in [0, 0.1) is 34.7 Å². The van der Waals surface area contributed by atoms with E-state index in [0.717, 1.165) is 34.0 Å². The molecule has 1 aliphatic rings. The quantitative estimate of drug-likeness (QED) is 0.182. The molecule has 1 aliphatic heterocycles. The summed E-state index contributed by atoms with van der Waals surface area (Å²) in [6.07, 6.45) is 4.81. The van der Waals surface area contributed by atoms with Crippen LogP contribution in [0.3, 0.4) is 0 Å². The van der Waals surface area contributed by atoms with Crippen LogP contribution < -0.4 is 15.1 Å². The van der Waals surface area contributed by atoms with Gasteiger partial charge in [-0.15, -0.1) is 0 Å². The number of pyridine rings is 1. The molecule has 4 rings (SSSR count). The smallest absolute Gasteiger partial charge is 0.249 e. The maximum Gasteiger partial charge on any atom is 0.249 e. The number of fused-ring (bicyclic) bond motifs is 1. The summed E-state index contributed by atoms with van der Waals surface area (Å²) in [6.45, 7) is 1.31. The maximum absolute atomic E-state index is 13.9. The Labute approximate surface area is 231 Å². The zero-order chi connectivity index (χ0) is 28.9. The number of piperidine rings is 1. The Morgan fingerprint density at radius 3 is 2.62 bits per heavy atom. The van der Waals surface area contributed by atoms with Crippen molar-refractivity contribution in [3.05, 3.63) is 65.1 Å². The lowest BCUT2D eigenvalue weighted by Crippen LogP contribution is -2.48. The van der Waals surface area contributed by atoms with Crippen molar-refractivity contribution < 1.29 is 27.9 Å². The summed E-state index contributed by atoms with van der Waals surface area (Å²) in [5, 5.41) is 10.5. The number of aryl methyl sites for hydroxylation is 1. The minimum absolute atomic E-state index is 0.255. The Morgan fingerprint density at radius 1 is 1.20 bits per heavy atom. The van der Waals surface area contributed by atoms with E-state index in [-0.39, 0.29) is 12.1 Å². The molecule has 1 fully saturated rings. The minimum Gasteiger partial charge on any atom is -0.497 e. The Morgan fingerprint density at radius 2 is 1.95 bits per heavy atom. The number of carbonyl (C=O) groups is 1. The monoisotopic (exact) mass is 554 g/mol. The third-order valence-corrected chi connectivity index (χ3v) is 7.64. The van der Waals surface area contributed by atoms with Gasteiger partial charge in [-0.2, -0.15) is 0 Å². The molecular formula is C30H33F3N4O3. The molecular weight excluding hydrogens is 521 g/mol. The molecule has 7 nitrogen and oxygen atoms in total. The highest BCUT2D eigenvalue weighted by Gasteiger charge is 2.40. The van der Waals surface area contributed by atoms with Crippen LogP contribution in [-0.4, -0.2) is 61.8 Å². The van der Waals surface area contributed by atoms with E-state index in [2.05, 4.69) is 16.8 Å².